The van der Waals surface area contributed by atoms with Crippen LogP contribution in [0.25, 0.3) is 0 Å². The van der Waals surface area contributed by atoms with Crippen LogP contribution >= 0.6 is 58.3 Å². The zero-order valence-electron chi connectivity index (χ0n) is 55.6. The minimum absolute atomic E-state index is 0.0278. The number of hydrogen-bond donors (Lipinski definition) is 10. The molecule has 0 saturated carbocycles. The Morgan fingerprint density at radius 2 is 0.717 bits per heavy atom. The molecule has 0 aliphatic carbocycles. The fourth-order valence-corrected chi connectivity index (χ4v) is 12.8. The molecule has 6 rings (SSSR count). The van der Waals surface area contributed by atoms with Gasteiger partial charge in [-0.2, -0.15) is 23.5 Å². The molecule has 6 aromatic carbocycles. The van der Waals surface area contributed by atoms with Crippen molar-refractivity contribution in [1.29, 1.82) is 0 Å². The van der Waals surface area contributed by atoms with Crippen molar-refractivity contribution in [3.05, 3.63) is 175 Å². The standard InChI is InChI=1S/C21H25ClFN3O6S2.C21H25ClFN3O4S2.C17H19ClFN3O3S.C4H8O2S/c1-21(2,3)13-5-7-14(8-6-13)34(31,32)26-18-12-17(23)16(22)11-15(18)20(28)25-24-19(27)9-10-33(4,29)30;1-21(2,3)13-5-7-14(8-6-13)32(29,30)26-18-12-17(23)16(22)11-15(18)20(28)25-24-19(27)9-10-31-4;1-17(2,3)10-4-6-11(7-5-10)26(24,25)22-15-9-14(19)13(18)8-12(15)16(23)21-20;1-7-3-2-4(5)6/h5-8,11-12,26H,9-10H2,1-4H3,(H,24,27)(H,25,28);5-8,11-12,26H,9-10H2,1-4H3,(H,24,27)(H,25,28);4-9,22H,20H2,1-3H3,(H,21,23);2-3H2,1H3,(H,5,6). The van der Waals surface area contributed by atoms with Crippen LogP contribution in [0, 0.1) is 17.5 Å². The van der Waals surface area contributed by atoms with Crippen molar-refractivity contribution >= 4 is 151 Å². The van der Waals surface area contributed by atoms with E-state index in [-0.39, 0.29) is 81.9 Å². The molecule has 24 nitrogen and oxygen atoms in total. The largest absolute Gasteiger partial charge is 0.481 e. The van der Waals surface area contributed by atoms with Crippen LogP contribution in [0.1, 0.15) is 129 Å². The summed E-state index contributed by atoms with van der Waals surface area (Å²) in [5.74, 6) is -1.45. The second-order valence-corrected chi connectivity index (χ2v) is 34.8. The number of hydrazine groups is 3. The van der Waals surface area contributed by atoms with E-state index in [9.17, 15) is 75.6 Å². The van der Waals surface area contributed by atoms with Crippen LogP contribution in [0.5, 0.6) is 0 Å². The Morgan fingerprint density at radius 3 is 0.960 bits per heavy atom. The summed E-state index contributed by atoms with van der Waals surface area (Å²) in [7, 11) is -15.8. The molecule has 99 heavy (non-hydrogen) atoms. The van der Waals surface area contributed by atoms with Gasteiger partial charge in [-0.05, 0) is 100 Å². The lowest BCUT2D eigenvalue weighted by molar-refractivity contribution is -0.136. The molecule has 0 bridgehead atoms. The quantitative estimate of drug-likeness (QED) is 0.0182. The van der Waals surface area contributed by atoms with E-state index in [0.717, 1.165) is 65.1 Å². The molecular formula is C63H77Cl3F3N9O15S6. The van der Waals surface area contributed by atoms with E-state index in [2.05, 4.69) is 25.0 Å². The number of thioether (sulfide) groups is 2. The first kappa shape index (κ1) is 85.9. The smallest absolute Gasteiger partial charge is 0.304 e. The van der Waals surface area contributed by atoms with Crippen molar-refractivity contribution < 1.29 is 80.7 Å². The molecule has 0 fully saturated rings. The highest BCUT2D eigenvalue weighted by molar-refractivity contribution is 7.98. The average Bonchev–Trinajstić information content (AvgIpc) is 0.807. The number of carboxylic acids is 1. The number of hydrogen-bond acceptors (Lipinski definition) is 17. The Morgan fingerprint density at radius 1 is 0.444 bits per heavy atom. The summed E-state index contributed by atoms with van der Waals surface area (Å²) in [5, 5.41) is 6.87. The number of carbonyl (C=O) groups is 6. The second kappa shape index (κ2) is 36.8. The number of benzene rings is 6. The summed E-state index contributed by atoms with van der Waals surface area (Å²) < 4.78 is 147. The Hall–Kier alpha value is -7.34. The highest BCUT2D eigenvalue weighted by Crippen LogP contribution is 2.32. The van der Waals surface area contributed by atoms with Crippen LogP contribution in [0.4, 0.5) is 30.2 Å². The Kier molecular flexibility index (Phi) is 32.0. The monoisotopic (exact) mass is 1550 g/mol. The van der Waals surface area contributed by atoms with E-state index >= 15 is 0 Å². The Bertz CT molecular complexity index is 4380. The molecule has 0 heterocycles. The number of nitrogens with one attached hydrogen (secondary N) is 8. The van der Waals surface area contributed by atoms with E-state index in [4.69, 9.17) is 45.8 Å². The minimum atomic E-state index is -4.21. The maximum Gasteiger partial charge on any atom is 0.304 e. The molecule has 6 aromatic rings. The lowest BCUT2D eigenvalue weighted by atomic mass is 9.87. The second-order valence-electron chi connectivity index (χ2n) is 24.3. The van der Waals surface area contributed by atoms with E-state index in [1.165, 1.54) is 48.2 Å². The van der Waals surface area contributed by atoms with Gasteiger partial charge in [0.2, 0.25) is 11.8 Å². The summed E-state index contributed by atoms with van der Waals surface area (Å²) >= 11 is 20.2. The summed E-state index contributed by atoms with van der Waals surface area (Å²) in [5.41, 5.74) is 10.8. The molecule has 0 saturated heterocycles. The number of amides is 5. The zero-order chi connectivity index (χ0) is 75.4. The van der Waals surface area contributed by atoms with E-state index < -0.39 is 116 Å². The predicted molar refractivity (Wildman–Crippen MR) is 383 cm³/mol. The lowest BCUT2D eigenvalue weighted by Crippen LogP contribution is -2.42. The molecule has 0 aliphatic rings. The van der Waals surface area contributed by atoms with Crippen molar-refractivity contribution in [3.8, 4) is 0 Å². The molecule has 11 N–H and O–H groups in total. The van der Waals surface area contributed by atoms with Crippen molar-refractivity contribution in [2.24, 2.45) is 5.84 Å². The van der Waals surface area contributed by atoms with Gasteiger partial charge in [-0.1, -0.05) is 134 Å². The van der Waals surface area contributed by atoms with Crippen LogP contribution in [-0.2, 0) is 70.5 Å². The maximum absolute atomic E-state index is 14.1. The van der Waals surface area contributed by atoms with Crippen molar-refractivity contribution in [1.82, 2.24) is 27.1 Å². The van der Waals surface area contributed by atoms with Gasteiger partial charge in [0, 0.05) is 48.8 Å². The molecule has 0 radical (unpaired) electrons. The normalized spacial score (nSPS) is 11.7. The molecule has 542 valence electrons. The van der Waals surface area contributed by atoms with Crippen LogP contribution in [0.3, 0.4) is 0 Å². The van der Waals surface area contributed by atoms with Gasteiger partial charge in [0.1, 0.15) is 27.3 Å². The Balaban J connectivity index is 0.000000370. The summed E-state index contributed by atoms with van der Waals surface area (Å²) in [6.07, 6.45) is 4.73. The molecule has 5 amide bonds. The number of rotatable bonds is 21. The molecule has 0 unspecified atom stereocenters. The first-order chi connectivity index (χ1) is 45.6. The third-order valence-electron chi connectivity index (χ3n) is 13.3. The number of sulfone groups is 1. The fraction of sp³-hybridized carbons (Fsp3) is 0.333. The highest BCUT2D eigenvalue weighted by atomic mass is 35.5. The van der Waals surface area contributed by atoms with Gasteiger partial charge in [-0.15, -0.1) is 0 Å². The molecule has 0 spiro atoms. The van der Waals surface area contributed by atoms with Gasteiger partial charge >= 0.3 is 5.97 Å². The molecular weight excluding hydrogens is 1480 g/mol. The maximum atomic E-state index is 14.1. The highest BCUT2D eigenvalue weighted by Gasteiger charge is 2.27. The zero-order valence-corrected chi connectivity index (χ0v) is 62.8. The van der Waals surface area contributed by atoms with Gasteiger partial charge in [-0.3, -0.25) is 70.1 Å². The number of halogens is 6. The summed E-state index contributed by atoms with van der Waals surface area (Å²) in [6.45, 7) is 17.9. The fourth-order valence-electron chi connectivity index (χ4n) is 7.72. The van der Waals surface area contributed by atoms with E-state index in [1.807, 2.05) is 91.1 Å². The Labute approximate surface area is 598 Å². The number of anilines is 3. The summed E-state index contributed by atoms with van der Waals surface area (Å²) in [6, 6.07) is 23.9. The first-order valence-electron chi connectivity index (χ1n) is 29.0. The van der Waals surface area contributed by atoms with E-state index in [0.29, 0.717) is 5.75 Å². The topological polar surface area (TPSA) is 381 Å². The molecule has 36 heteroatoms. The van der Waals surface area contributed by atoms with Crippen molar-refractivity contribution in [3.63, 3.8) is 0 Å². The van der Waals surface area contributed by atoms with Gasteiger partial charge in [-0.25, -0.2) is 52.7 Å². The van der Waals surface area contributed by atoms with Gasteiger partial charge in [0.05, 0.1) is 75.7 Å². The van der Waals surface area contributed by atoms with Crippen molar-refractivity contribution in [2.45, 2.75) is 113 Å². The predicted octanol–water partition coefficient (Wildman–Crippen LogP) is 10.9. The van der Waals surface area contributed by atoms with Gasteiger partial charge in [0.15, 0.2) is 0 Å². The summed E-state index contributed by atoms with van der Waals surface area (Å²) in [4.78, 5) is 69.9. The number of nitrogens with two attached hydrogens (primary N) is 1. The van der Waals surface area contributed by atoms with Gasteiger partial charge in [0.25, 0.3) is 47.8 Å². The van der Waals surface area contributed by atoms with Crippen LogP contribution in [-0.4, -0.2) is 110 Å². The number of sulfonamides is 3. The molecule has 0 atom stereocenters. The first-order valence-corrected chi connectivity index (χ1v) is 39.4. The van der Waals surface area contributed by atoms with Gasteiger partial charge < -0.3 is 5.11 Å². The number of carbonyl (C=O) groups excluding carboxylic acids is 5. The number of aliphatic carboxylic acids is 1. The SMILES string of the molecule is CC(C)(C)c1ccc(S(=O)(=O)Nc2cc(F)c(Cl)cc2C(=O)NN)cc1.CC(C)(C)c1ccc(S(=O)(=O)Nc2cc(F)c(Cl)cc2C(=O)NNC(=O)CCS(C)(=O)=O)cc1.CSCCC(=O)NNC(=O)c1cc(Cl)c(F)cc1NS(=O)(=O)c1ccc(C(C)(C)C)cc1.CSCCC(=O)O. The van der Waals surface area contributed by atoms with Crippen LogP contribution in [0.15, 0.2) is 124 Å². The number of carboxylic acid groups (broad SMARTS) is 1. The lowest BCUT2D eigenvalue weighted by Gasteiger charge is -2.19. The van der Waals surface area contributed by atoms with E-state index in [1.54, 1.807) is 48.2 Å². The third-order valence-corrected chi connectivity index (χ3v) is 20.4. The van der Waals surface area contributed by atoms with Crippen molar-refractivity contribution in [2.75, 3.05) is 50.2 Å². The third kappa shape index (κ3) is 28.0. The average molecular weight is 1560 g/mol. The van der Waals surface area contributed by atoms with Crippen LogP contribution < -0.4 is 47.1 Å². The van der Waals surface area contributed by atoms with Crippen LogP contribution in [0.2, 0.25) is 15.1 Å². The molecule has 0 aromatic heterocycles. The number of nitrogen functional groups attached to an aromatic ring is 1. The minimum Gasteiger partial charge on any atom is -0.481 e. The molecule has 0 aliphatic heterocycles.